The maximum absolute atomic E-state index is 12.9. The largest absolute Gasteiger partial charge is 0.490 e. The van der Waals surface area contributed by atoms with Gasteiger partial charge in [0.25, 0.3) is 0 Å². The monoisotopic (exact) mass is 474 g/mol. The number of fused-ring (bicyclic) bond motifs is 1. The number of ether oxygens (including phenoxy) is 4. The Morgan fingerprint density at radius 1 is 1.17 bits per heavy atom. The van der Waals surface area contributed by atoms with Crippen LogP contribution in [0.5, 0.6) is 17.2 Å². The summed E-state index contributed by atoms with van der Waals surface area (Å²) in [6.45, 7) is 2.05. The van der Waals surface area contributed by atoms with E-state index in [0.29, 0.717) is 38.6 Å². The number of para-hydroxylation sites is 1. The molecule has 2 amide bonds. The summed E-state index contributed by atoms with van der Waals surface area (Å²) in [6, 6.07) is 11.6. The van der Waals surface area contributed by atoms with Crippen molar-refractivity contribution in [2.75, 3.05) is 20.0 Å². The number of amides is 2. The third-order valence-corrected chi connectivity index (χ3v) is 5.31. The van der Waals surface area contributed by atoms with Crippen LogP contribution in [-0.4, -0.2) is 32.0 Å². The summed E-state index contributed by atoms with van der Waals surface area (Å²) in [5, 5.41) is 5.40. The fourth-order valence-corrected chi connectivity index (χ4v) is 3.79. The average Bonchev–Trinajstić information content (AvgIpc) is 3.18. The van der Waals surface area contributed by atoms with Crippen molar-refractivity contribution in [1.29, 1.82) is 0 Å². The standard InChI is InChI=1S/C21H19BrN2O6/c1-12-18(20(25)28-8-7-27-13-5-3-2-4-6-13)19(24-21(26)23-12)14-9-16-17(10-15(14)22)30-11-29-16/h2-6,9-10,19H,7-8,11H2,1H3,(H2,23,24,26)/t19-/m1/s1. The van der Waals surface area contributed by atoms with Gasteiger partial charge in [-0.15, -0.1) is 0 Å². The highest BCUT2D eigenvalue weighted by atomic mass is 79.9. The Balaban J connectivity index is 1.50. The van der Waals surface area contributed by atoms with E-state index in [-0.39, 0.29) is 20.0 Å². The molecule has 0 radical (unpaired) electrons. The van der Waals surface area contributed by atoms with E-state index < -0.39 is 18.0 Å². The summed E-state index contributed by atoms with van der Waals surface area (Å²) in [5.41, 5.74) is 1.37. The highest BCUT2D eigenvalue weighted by Crippen LogP contribution is 2.41. The molecule has 2 aliphatic heterocycles. The van der Waals surface area contributed by atoms with Gasteiger partial charge in [-0.2, -0.15) is 0 Å². The van der Waals surface area contributed by atoms with Crippen LogP contribution in [0.1, 0.15) is 18.5 Å². The number of hydrogen-bond acceptors (Lipinski definition) is 6. The normalized spacial score (nSPS) is 17.3. The number of nitrogens with one attached hydrogen (secondary N) is 2. The summed E-state index contributed by atoms with van der Waals surface area (Å²) in [4.78, 5) is 24.9. The van der Waals surface area contributed by atoms with Gasteiger partial charge in [-0.05, 0) is 36.8 Å². The van der Waals surface area contributed by atoms with Crippen molar-refractivity contribution in [3.63, 3.8) is 0 Å². The predicted molar refractivity (Wildman–Crippen MR) is 110 cm³/mol. The topological polar surface area (TPSA) is 95.1 Å². The molecular formula is C21H19BrN2O6. The van der Waals surface area contributed by atoms with E-state index in [0.717, 1.165) is 0 Å². The molecule has 1 atom stereocenters. The molecule has 156 valence electrons. The molecule has 2 aromatic carbocycles. The summed E-state index contributed by atoms with van der Waals surface area (Å²) in [6.07, 6.45) is 0. The van der Waals surface area contributed by atoms with Crippen LogP contribution in [0, 0.1) is 0 Å². The van der Waals surface area contributed by atoms with E-state index in [1.54, 1.807) is 19.1 Å². The van der Waals surface area contributed by atoms with Gasteiger partial charge < -0.3 is 29.6 Å². The van der Waals surface area contributed by atoms with Crippen LogP contribution >= 0.6 is 15.9 Å². The minimum Gasteiger partial charge on any atom is -0.490 e. The lowest BCUT2D eigenvalue weighted by molar-refractivity contribution is -0.140. The van der Waals surface area contributed by atoms with Gasteiger partial charge in [0.05, 0.1) is 11.6 Å². The zero-order valence-corrected chi connectivity index (χ0v) is 17.7. The first-order chi connectivity index (χ1) is 14.5. The molecule has 30 heavy (non-hydrogen) atoms. The predicted octanol–water partition coefficient (Wildman–Crippen LogP) is 3.43. The molecule has 0 aromatic heterocycles. The minimum atomic E-state index is -0.717. The van der Waals surface area contributed by atoms with Gasteiger partial charge in [0, 0.05) is 10.2 Å². The molecule has 4 rings (SSSR count). The van der Waals surface area contributed by atoms with Crippen molar-refractivity contribution in [1.82, 2.24) is 10.6 Å². The first-order valence-electron chi connectivity index (χ1n) is 9.25. The molecular weight excluding hydrogens is 456 g/mol. The number of rotatable bonds is 6. The van der Waals surface area contributed by atoms with Gasteiger partial charge in [0.2, 0.25) is 6.79 Å². The van der Waals surface area contributed by atoms with E-state index in [9.17, 15) is 9.59 Å². The Bertz CT molecular complexity index is 1010. The number of urea groups is 1. The van der Waals surface area contributed by atoms with Crippen molar-refractivity contribution < 1.29 is 28.5 Å². The molecule has 2 heterocycles. The molecule has 0 spiro atoms. The average molecular weight is 475 g/mol. The third-order valence-electron chi connectivity index (χ3n) is 4.62. The van der Waals surface area contributed by atoms with Gasteiger partial charge in [0.15, 0.2) is 11.5 Å². The Hall–Kier alpha value is -3.20. The third kappa shape index (κ3) is 4.20. The van der Waals surface area contributed by atoms with Crippen LogP contribution in [0.3, 0.4) is 0 Å². The summed E-state index contributed by atoms with van der Waals surface area (Å²) in [7, 11) is 0. The van der Waals surface area contributed by atoms with Crippen LogP contribution in [-0.2, 0) is 9.53 Å². The summed E-state index contributed by atoms with van der Waals surface area (Å²) >= 11 is 3.49. The number of allylic oxidation sites excluding steroid dienone is 1. The fraction of sp³-hybridized carbons (Fsp3) is 0.238. The fourth-order valence-electron chi connectivity index (χ4n) is 3.24. The lowest BCUT2D eigenvalue weighted by Crippen LogP contribution is -2.45. The van der Waals surface area contributed by atoms with Crippen molar-refractivity contribution in [2.45, 2.75) is 13.0 Å². The van der Waals surface area contributed by atoms with E-state index in [4.69, 9.17) is 18.9 Å². The molecule has 0 aliphatic carbocycles. The molecule has 8 nitrogen and oxygen atoms in total. The van der Waals surface area contributed by atoms with Crippen molar-refractivity contribution >= 4 is 27.9 Å². The second-order valence-corrected chi connectivity index (χ2v) is 7.45. The molecule has 2 aromatic rings. The number of benzene rings is 2. The number of carbonyl (C=O) groups excluding carboxylic acids is 2. The van der Waals surface area contributed by atoms with E-state index in [1.807, 2.05) is 30.3 Å². The van der Waals surface area contributed by atoms with Crippen LogP contribution in [0.4, 0.5) is 4.79 Å². The number of carbonyl (C=O) groups is 2. The van der Waals surface area contributed by atoms with Crippen LogP contribution in [0.25, 0.3) is 0 Å². The highest BCUT2D eigenvalue weighted by molar-refractivity contribution is 9.10. The molecule has 9 heteroatoms. The van der Waals surface area contributed by atoms with Gasteiger partial charge in [-0.1, -0.05) is 34.1 Å². The Labute approximate surface area is 181 Å². The van der Waals surface area contributed by atoms with Gasteiger partial charge in [-0.3, -0.25) is 0 Å². The second-order valence-electron chi connectivity index (χ2n) is 6.59. The Morgan fingerprint density at radius 2 is 1.90 bits per heavy atom. The minimum absolute atomic E-state index is 0.0630. The zero-order valence-electron chi connectivity index (χ0n) is 16.1. The first kappa shape index (κ1) is 20.1. The molecule has 2 aliphatic rings. The number of esters is 1. The summed E-state index contributed by atoms with van der Waals surface area (Å²) in [5.74, 6) is 1.28. The quantitative estimate of drug-likeness (QED) is 0.491. The Morgan fingerprint density at radius 3 is 2.67 bits per heavy atom. The SMILES string of the molecule is CC1=C(C(=O)OCCOc2ccccc2)[C@@H](c2cc3c(cc2Br)OCO3)NC(=O)N1. The molecule has 0 saturated carbocycles. The lowest BCUT2D eigenvalue weighted by Gasteiger charge is -2.28. The van der Waals surface area contributed by atoms with Crippen LogP contribution in [0.2, 0.25) is 0 Å². The smallest absolute Gasteiger partial charge is 0.338 e. The molecule has 0 bridgehead atoms. The molecule has 0 unspecified atom stereocenters. The van der Waals surface area contributed by atoms with Crippen LogP contribution < -0.4 is 24.8 Å². The number of hydrogen-bond donors (Lipinski definition) is 2. The molecule has 2 N–H and O–H groups in total. The van der Waals surface area contributed by atoms with Gasteiger partial charge in [-0.25, -0.2) is 9.59 Å². The van der Waals surface area contributed by atoms with E-state index in [2.05, 4.69) is 26.6 Å². The highest BCUT2D eigenvalue weighted by Gasteiger charge is 2.34. The second kappa shape index (κ2) is 8.66. The Kier molecular flexibility index (Phi) is 5.80. The van der Waals surface area contributed by atoms with Crippen LogP contribution in [0.15, 0.2) is 58.2 Å². The number of halogens is 1. The summed E-state index contributed by atoms with van der Waals surface area (Å²) < 4.78 is 22.4. The van der Waals surface area contributed by atoms with Crippen molar-refractivity contribution in [2.24, 2.45) is 0 Å². The first-order valence-corrected chi connectivity index (χ1v) is 10.0. The van der Waals surface area contributed by atoms with Gasteiger partial charge in [0.1, 0.15) is 19.0 Å². The van der Waals surface area contributed by atoms with E-state index in [1.165, 1.54) is 0 Å². The lowest BCUT2D eigenvalue weighted by atomic mass is 9.95. The zero-order chi connectivity index (χ0) is 21.1. The molecule has 0 fully saturated rings. The maximum atomic E-state index is 12.9. The van der Waals surface area contributed by atoms with E-state index >= 15 is 0 Å². The van der Waals surface area contributed by atoms with Crippen molar-refractivity contribution in [3.05, 3.63) is 63.8 Å². The van der Waals surface area contributed by atoms with Crippen molar-refractivity contribution in [3.8, 4) is 17.2 Å². The van der Waals surface area contributed by atoms with Gasteiger partial charge >= 0.3 is 12.0 Å². The maximum Gasteiger partial charge on any atom is 0.338 e. The molecule has 0 saturated heterocycles.